The van der Waals surface area contributed by atoms with Gasteiger partial charge in [-0.05, 0) is 48.5 Å². The monoisotopic (exact) mass is 281 g/mol. The summed E-state index contributed by atoms with van der Waals surface area (Å²) in [6.07, 6.45) is 1.74. The SMILES string of the molecule is CCNC(CCc1cccs1)c1cc(F)cc(F)c1. The van der Waals surface area contributed by atoms with Crippen LogP contribution in [0, 0.1) is 11.6 Å². The second kappa shape index (κ2) is 6.78. The van der Waals surface area contributed by atoms with E-state index in [1.165, 1.54) is 17.0 Å². The van der Waals surface area contributed by atoms with E-state index >= 15 is 0 Å². The molecule has 1 heterocycles. The van der Waals surface area contributed by atoms with Crippen molar-refractivity contribution in [3.8, 4) is 0 Å². The second-order valence-electron chi connectivity index (χ2n) is 4.43. The molecule has 0 radical (unpaired) electrons. The number of hydrogen-bond donors (Lipinski definition) is 1. The van der Waals surface area contributed by atoms with Crippen molar-refractivity contribution in [2.24, 2.45) is 0 Å². The summed E-state index contributed by atoms with van der Waals surface area (Å²) in [6, 6.07) is 7.81. The van der Waals surface area contributed by atoms with Crippen LogP contribution in [-0.2, 0) is 6.42 Å². The molecule has 0 aliphatic heterocycles. The van der Waals surface area contributed by atoms with E-state index in [0.717, 1.165) is 25.5 Å². The lowest BCUT2D eigenvalue weighted by atomic mass is 10.0. The van der Waals surface area contributed by atoms with Gasteiger partial charge in [0.15, 0.2) is 0 Å². The van der Waals surface area contributed by atoms with E-state index in [1.54, 1.807) is 11.3 Å². The molecule has 1 atom stereocenters. The van der Waals surface area contributed by atoms with E-state index in [9.17, 15) is 8.78 Å². The Morgan fingerprint density at radius 1 is 1.21 bits per heavy atom. The van der Waals surface area contributed by atoms with Crippen LogP contribution in [0.25, 0.3) is 0 Å². The molecule has 0 aliphatic carbocycles. The minimum Gasteiger partial charge on any atom is -0.310 e. The van der Waals surface area contributed by atoms with Crippen molar-refractivity contribution in [1.82, 2.24) is 5.32 Å². The molecule has 1 nitrogen and oxygen atoms in total. The predicted molar refractivity (Wildman–Crippen MR) is 75.4 cm³/mol. The molecule has 102 valence electrons. The van der Waals surface area contributed by atoms with Crippen molar-refractivity contribution in [3.05, 3.63) is 57.8 Å². The largest absolute Gasteiger partial charge is 0.310 e. The standard InChI is InChI=1S/C15H17F2NS/c1-2-18-15(6-5-14-4-3-7-19-14)11-8-12(16)10-13(17)9-11/h3-4,7-10,15,18H,2,5-6H2,1H3. The van der Waals surface area contributed by atoms with Crippen LogP contribution in [-0.4, -0.2) is 6.54 Å². The minimum absolute atomic E-state index is 0.0164. The molecule has 0 spiro atoms. The molecule has 0 saturated carbocycles. The van der Waals surface area contributed by atoms with E-state index < -0.39 is 11.6 Å². The van der Waals surface area contributed by atoms with Gasteiger partial charge in [-0.1, -0.05) is 13.0 Å². The second-order valence-corrected chi connectivity index (χ2v) is 5.46. The summed E-state index contributed by atoms with van der Waals surface area (Å²) in [6.45, 7) is 2.76. The fourth-order valence-electron chi connectivity index (χ4n) is 2.15. The van der Waals surface area contributed by atoms with Crippen LogP contribution in [0.2, 0.25) is 0 Å². The first-order chi connectivity index (χ1) is 9.19. The smallest absolute Gasteiger partial charge is 0.126 e. The Kier molecular flexibility index (Phi) is 5.05. The highest BCUT2D eigenvalue weighted by Crippen LogP contribution is 2.22. The highest BCUT2D eigenvalue weighted by Gasteiger charge is 2.13. The number of nitrogens with one attached hydrogen (secondary N) is 1. The molecule has 4 heteroatoms. The van der Waals surface area contributed by atoms with Gasteiger partial charge in [0.25, 0.3) is 0 Å². The lowest BCUT2D eigenvalue weighted by Gasteiger charge is -2.18. The first kappa shape index (κ1) is 14.2. The van der Waals surface area contributed by atoms with Crippen LogP contribution < -0.4 is 5.32 Å². The van der Waals surface area contributed by atoms with Crippen molar-refractivity contribution in [1.29, 1.82) is 0 Å². The van der Waals surface area contributed by atoms with Crippen LogP contribution in [0.1, 0.15) is 29.8 Å². The number of aryl methyl sites for hydroxylation is 1. The van der Waals surface area contributed by atoms with Gasteiger partial charge in [-0.25, -0.2) is 8.78 Å². The van der Waals surface area contributed by atoms with Crippen molar-refractivity contribution in [2.75, 3.05) is 6.54 Å². The third-order valence-electron chi connectivity index (χ3n) is 3.00. The van der Waals surface area contributed by atoms with Gasteiger partial charge in [-0.2, -0.15) is 0 Å². The fourth-order valence-corrected chi connectivity index (χ4v) is 2.88. The molecular formula is C15H17F2NS. The lowest BCUT2D eigenvalue weighted by Crippen LogP contribution is -2.21. The van der Waals surface area contributed by atoms with Gasteiger partial charge in [0.2, 0.25) is 0 Å². The van der Waals surface area contributed by atoms with Crippen molar-refractivity contribution >= 4 is 11.3 Å². The average Bonchev–Trinajstić information content (AvgIpc) is 2.86. The zero-order chi connectivity index (χ0) is 13.7. The van der Waals surface area contributed by atoms with Gasteiger partial charge in [0, 0.05) is 17.0 Å². The fraction of sp³-hybridized carbons (Fsp3) is 0.333. The molecule has 0 saturated heterocycles. The number of thiophene rings is 1. The van der Waals surface area contributed by atoms with Crippen LogP contribution in [0.15, 0.2) is 35.7 Å². The lowest BCUT2D eigenvalue weighted by molar-refractivity contribution is 0.504. The molecule has 19 heavy (non-hydrogen) atoms. The third kappa shape index (κ3) is 4.11. The zero-order valence-corrected chi connectivity index (χ0v) is 11.6. The molecule has 0 fully saturated rings. The molecule has 1 aromatic carbocycles. The van der Waals surface area contributed by atoms with Gasteiger partial charge >= 0.3 is 0 Å². The van der Waals surface area contributed by atoms with E-state index in [1.807, 2.05) is 18.4 Å². The maximum atomic E-state index is 13.3. The minimum atomic E-state index is -0.519. The Labute approximate surface area is 116 Å². The Morgan fingerprint density at radius 2 is 1.95 bits per heavy atom. The first-order valence-electron chi connectivity index (χ1n) is 6.40. The predicted octanol–water partition coefficient (Wildman–Crippen LogP) is 4.31. The molecule has 1 unspecified atom stereocenters. The van der Waals surface area contributed by atoms with E-state index in [2.05, 4.69) is 11.4 Å². The number of rotatable bonds is 6. The summed E-state index contributed by atoms with van der Waals surface area (Å²) >= 11 is 1.71. The summed E-state index contributed by atoms with van der Waals surface area (Å²) < 4.78 is 26.6. The van der Waals surface area contributed by atoms with Crippen LogP contribution in [0.3, 0.4) is 0 Å². The quantitative estimate of drug-likeness (QED) is 0.832. The Morgan fingerprint density at radius 3 is 2.53 bits per heavy atom. The molecule has 0 bridgehead atoms. The molecule has 2 aromatic rings. The van der Waals surface area contributed by atoms with Gasteiger partial charge < -0.3 is 5.32 Å². The normalized spacial score (nSPS) is 12.6. The maximum absolute atomic E-state index is 13.3. The molecule has 0 aliphatic rings. The van der Waals surface area contributed by atoms with E-state index in [4.69, 9.17) is 0 Å². The number of benzene rings is 1. The summed E-state index contributed by atoms with van der Waals surface area (Å²) in [5.41, 5.74) is 0.677. The Bertz CT molecular complexity index is 491. The zero-order valence-electron chi connectivity index (χ0n) is 10.8. The number of halogens is 2. The summed E-state index contributed by atoms with van der Waals surface area (Å²) in [5.74, 6) is -1.04. The van der Waals surface area contributed by atoms with Crippen molar-refractivity contribution in [2.45, 2.75) is 25.8 Å². The average molecular weight is 281 g/mol. The Balaban J connectivity index is 2.09. The summed E-state index contributed by atoms with van der Waals surface area (Å²) in [4.78, 5) is 1.29. The number of hydrogen-bond acceptors (Lipinski definition) is 2. The maximum Gasteiger partial charge on any atom is 0.126 e. The molecule has 1 N–H and O–H groups in total. The topological polar surface area (TPSA) is 12.0 Å². The van der Waals surface area contributed by atoms with Crippen LogP contribution in [0.5, 0.6) is 0 Å². The molecule has 2 rings (SSSR count). The highest BCUT2D eigenvalue weighted by atomic mass is 32.1. The van der Waals surface area contributed by atoms with E-state index in [0.29, 0.717) is 5.56 Å². The van der Waals surface area contributed by atoms with Gasteiger partial charge in [-0.15, -0.1) is 11.3 Å². The van der Waals surface area contributed by atoms with Crippen molar-refractivity contribution in [3.63, 3.8) is 0 Å². The van der Waals surface area contributed by atoms with Crippen LogP contribution >= 0.6 is 11.3 Å². The highest BCUT2D eigenvalue weighted by molar-refractivity contribution is 7.09. The Hall–Kier alpha value is -1.26. The first-order valence-corrected chi connectivity index (χ1v) is 7.28. The van der Waals surface area contributed by atoms with E-state index in [-0.39, 0.29) is 6.04 Å². The van der Waals surface area contributed by atoms with Gasteiger partial charge in [0.1, 0.15) is 11.6 Å². The van der Waals surface area contributed by atoms with Crippen LogP contribution in [0.4, 0.5) is 8.78 Å². The molecule has 0 amide bonds. The van der Waals surface area contributed by atoms with Gasteiger partial charge in [-0.3, -0.25) is 0 Å². The molecule has 1 aromatic heterocycles. The van der Waals surface area contributed by atoms with Crippen molar-refractivity contribution < 1.29 is 8.78 Å². The summed E-state index contributed by atoms with van der Waals surface area (Å²) in [5, 5.41) is 5.33. The third-order valence-corrected chi connectivity index (χ3v) is 3.93. The molecular weight excluding hydrogens is 264 g/mol. The van der Waals surface area contributed by atoms with Gasteiger partial charge in [0.05, 0.1) is 0 Å². The summed E-state index contributed by atoms with van der Waals surface area (Å²) in [7, 11) is 0.